The maximum atomic E-state index is 14.8. The molecular weight excluding hydrogens is 1050 g/mol. The van der Waals surface area contributed by atoms with Crippen LogP contribution in [-0.4, -0.2) is 153 Å². The molecule has 3 fully saturated rings. The number of nitrogens with zero attached hydrogens (tertiary/aromatic N) is 4. The summed E-state index contributed by atoms with van der Waals surface area (Å²) in [6.07, 6.45) is 10.8. The van der Waals surface area contributed by atoms with Crippen molar-refractivity contribution in [3.63, 3.8) is 0 Å². The number of hydrogen-bond acceptors (Lipinski definition) is 14. The Morgan fingerprint density at radius 1 is 0.500 bits per heavy atom. The van der Waals surface area contributed by atoms with Crippen molar-refractivity contribution in [1.29, 1.82) is 0 Å². The van der Waals surface area contributed by atoms with Gasteiger partial charge in [0.2, 0.25) is 47.3 Å². The van der Waals surface area contributed by atoms with Crippen LogP contribution in [0.3, 0.4) is 0 Å². The number of pyridine rings is 2. The fourth-order valence-corrected chi connectivity index (χ4v) is 10.1. The Bertz CT molecular complexity index is 2450. The maximum Gasteiger partial charge on any atom is 0.271 e. The molecule has 0 aliphatic carbocycles. The van der Waals surface area contributed by atoms with Crippen LogP contribution >= 0.6 is 0 Å². The van der Waals surface area contributed by atoms with Gasteiger partial charge < -0.3 is 63.8 Å². The number of fused-ring (bicyclic) bond motifs is 2. The second-order valence-electron chi connectivity index (χ2n) is 22.8. The fraction of sp³-hybridized carbons (Fsp3) is 0.586. The molecule has 0 spiro atoms. The van der Waals surface area contributed by atoms with Crippen molar-refractivity contribution in [1.82, 2.24) is 62.3 Å². The first kappa shape index (κ1) is 65.2. The fourth-order valence-electron chi connectivity index (χ4n) is 10.1. The summed E-state index contributed by atoms with van der Waals surface area (Å²) >= 11 is 0. The molecule has 5 rings (SSSR count). The van der Waals surface area contributed by atoms with E-state index in [1.807, 2.05) is 27.7 Å². The van der Waals surface area contributed by atoms with Crippen molar-refractivity contribution in [2.45, 2.75) is 168 Å². The van der Waals surface area contributed by atoms with E-state index < -0.39 is 119 Å². The van der Waals surface area contributed by atoms with Gasteiger partial charge in [-0.1, -0.05) is 67.5 Å². The number of aromatic nitrogens is 2. The zero-order valence-corrected chi connectivity index (χ0v) is 48.6. The molecule has 2 aromatic heterocycles. The Balaban J connectivity index is 1.61. The van der Waals surface area contributed by atoms with Crippen LogP contribution in [0, 0.1) is 23.7 Å². The summed E-state index contributed by atoms with van der Waals surface area (Å²) < 4.78 is 0. The van der Waals surface area contributed by atoms with E-state index in [2.05, 4.69) is 52.5 Å². The monoisotopic (exact) mass is 1140 g/mol. The first-order valence-electron chi connectivity index (χ1n) is 28.7. The Kier molecular flexibility index (Phi) is 25.1. The van der Waals surface area contributed by atoms with Gasteiger partial charge in [0.05, 0.1) is 0 Å². The van der Waals surface area contributed by atoms with Crippen molar-refractivity contribution >= 4 is 71.2 Å². The Morgan fingerprint density at radius 2 is 0.866 bits per heavy atom. The molecule has 0 aromatic carbocycles. The van der Waals surface area contributed by atoms with Gasteiger partial charge in [-0.15, -0.1) is 0 Å². The molecule has 5 heterocycles. The third-order valence-electron chi connectivity index (χ3n) is 14.4. The van der Waals surface area contributed by atoms with E-state index in [1.54, 1.807) is 52.0 Å². The summed E-state index contributed by atoms with van der Waals surface area (Å²) in [5.74, 6) is -8.67. The number of nitrogens with one attached hydrogen (secondary N) is 8. The smallest absolute Gasteiger partial charge is 0.271 e. The number of amides is 10. The Hall–Kier alpha value is -7.60. The molecule has 2 aromatic rings. The van der Waals surface area contributed by atoms with Crippen LogP contribution < -0.4 is 54.0 Å². The molecule has 24 heteroatoms. The molecule has 3 aliphatic rings. The highest BCUT2D eigenvalue weighted by atomic mass is 16.2. The number of carbonyl (C=O) groups is 10. The lowest BCUT2D eigenvalue weighted by Crippen LogP contribution is -2.60. The molecule has 82 heavy (non-hydrogen) atoms. The van der Waals surface area contributed by atoms with E-state index in [-0.39, 0.29) is 101 Å². The molecule has 8 atom stereocenters. The van der Waals surface area contributed by atoms with E-state index in [4.69, 9.17) is 11.5 Å². The molecular formula is C58H86N14O10. The normalized spacial score (nSPS) is 25.8. The van der Waals surface area contributed by atoms with Gasteiger partial charge in [-0.3, -0.25) is 57.9 Å². The molecule has 10 amide bonds. The summed E-state index contributed by atoms with van der Waals surface area (Å²) in [6, 6.07) is -3.10. The molecule has 3 saturated heterocycles. The summed E-state index contributed by atoms with van der Waals surface area (Å²) in [4.78, 5) is 156. The van der Waals surface area contributed by atoms with E-state index in [0.29, 0.717) is 24.0 Å². The van der Waals surface area contributed by atoms with Crippen LogP contribution in [0.1, 0.15) is 131 Å². The highest BCUT2D eigenvalue weighted by Crippen LogP contribution is 2.24. The number of rotatable bonds is 14. The van der Waals surface area contributed by atoms with Crippen LogP contribution in [0.5, 0.6) is 0 Å². The van der Waals surface area contributed by atoms with Crippen LogP contribution in [0.4, 0.5) is 0 Å². The van der Waals surface area contributed by atoms with Gasteiger partial charge in [0, 0.05) is 37.9 Å². The number of carbonyl (C=O) groups excluding carboxylic acids is 10. The van der Waals surface area contributed by atoms with Crippen molar-refractivity contribution < 1.29 is 47.9 Å². The lowest BCUT2D eigenvalue weighted by atomic mass is 10.00. The van der Waals surface area contributed by atoms with E-state index in [9.17, 15) is 47.9 Å². The van der Waals surface area contributed by atoms with Gasteiger partial charge in [0.25, 0.3) is 11.8 Å². The largest absolute Gasteiger partial charge is 0.343 e. The van der Waals surface area contributed by atoms with Crippen LogP contribution in [0.25, 0.3) is 12.2 Å². The van der Waals surface area contributed by atoms with Crippen molar-refractivity contribution in [2.24, 2.45) is 35.1 Å². The van der Waals surface area contributed by atoms with Crippen LogP contribution in [0.2, 0.25) is 0 Å². The first-order valence-corrected chi connectivity index (χ1v) is 28.7. The maximum absolute atomic E-state index is 14.8. The zero-order chi connectivity index (χ0) is 60.2. The summed E-state index contributed by atoms with van der Waals surface area (Å²) in [5, 5.41) is 22.3. The minimum absolute atomic E-state index is 0.0461. The lowest BCUT2D eigenvalue weighted by Gasteiger charge is -2.31. The summed E-state index contributed by atoms with van der Waals surface area (Å²) in [5.41, 5.74) is 12.2. The average molecular weight is 1140 g/mol. The summed E-state index contributed by atoms with van der Waals surface area (Å²) in [6.45, 7) is 14.7. The van der Waals surface area contributed by atoms with Gasteiger partial charge in [-0.05, 0) is 136 Å². The molecule has 12 N–H and O–H groups in total. The second-order valence-corrected chi connectivity index (χ2v) is 22.8. The molecule has 0 unspecified atom stereocenters. The third kappa shape index (κ3) is 18.7. The topological polar surface area (TPSA) is 351 Å². The third-order valence-corrected chi connectivity index (χ3v) is 14.4. The molecule has 0 saturated carbocycles. The average Bonchev–Trinajstić information content (AvgIpc) is 4.16. The summed E-state index contributed by atoms with van der Waals surface area (Å²) in [7, 11) is 0. The Labute approximate surface area is 480 Å². The van der Waals surface area contributed by atoms with Gasteiger partial charge >= 0.3 is 0 Å². The molecule has 3 aliphatic heterocycles. The second kappa shape index (κ2) is 31.6. The molecule has 448 valence electrons. The SMILES string of the molecule is CC(C)C[C@@H]1NC(=O)[C@H](CCCN)NC(=O)[C@H](C(C)C)NC(=O)[C@@H]2CCCN2C(=O)/C(=C\c2cccnc2)NC(=O)[C@H](CC(C)C)NC(=O)[C@H](CCCN)NC(=O)[C@H](C(C)C)NC(=O)[C@@H]2CCCN2C(=O)/C(=C\c2cccnc2)NC1=O. The quantitative estimate of drug-likeness (QED) is 0.118. The number of nitrogens with two attached hydrogens (primary N) is 2. The minimum Gasteiger partial charge on any atom is -0.343 e. The standard InChI is InChI=1S/C58H86N14O10/c1-33(2)27-41-51(75)67-43(29-37-15-11-23-61-31-37)57(81)71-25-13-19-45(71)53(77)70-48(36(7)8)56(80)64-40(18-10-22-60)50(74)66-42(28-34(3)4)52(76)68-44(30-38-16-12-24-62-32-38)58(82)72-26-14-20-46(72)54(78)69-47(35(5)6)55(79)63-39(17-9-21-59)49(73)65-41/h11-12,15-16,23-24,29-36,39-42,45-48H,9-10,13-14,17-22,25-28,59-60H2,1-8H3,(H,63,79)(H,64,80)(H,65,73)(H,66,74)(H,67,75)(H,68,76)(H,69,78)(H,70,77)/b43-29+,44-30+/t39-,40-,41-,42-,45-,46-,47-,48-/m0/s1. The van der Waals surface area contributed by atoms with Crippen LogP contribution in [-0.2, 0) is 47.9 Å². The van der Waals surface area contributed by atoms with Gasteiger partial charge in [0.15, 0.2) is 0 Å². The highest BCUT2D eigenvalue weighted by molar-refractivity contribution is 6.06. The Morgan fingerprint density at radius 3 is 1.18 bits per heavy atom. The zero-order valence-electron chi connectivity index (χ0n) is 48.6. The van der Waals surface area contributed by atoms with Gasteiger partial charge in [0.1, 0.15) is 59.7 Å². The molecule has 24 nitrogen and oxygen atoms in total. The number of hydrogen-bond donors (Lipinski definition) is 10. The predicted molar refractivity (Wildman–Crippen MR) is 307 cm³/mol. The minimum atomic E-state index is -1.26. The van der Waals surface area contributed by atoms with E-state index in [0.717, 1.165) is 0 Å². The molecule has 0 radical (unpaired) electrons. The van der Waals surface area contributed by atoms with Crippen molar-refractivity contribution in [3.05, 3.63) is 71.6 Å². The van der Waals surface area contributed by atoms with Crippen molar-refractivity contribution in [3.8, 4) is 0 Å². The molecule has 0 bridgehead atoms. The van der Waals surface area contributed by atoms with Crippen molar-refractivity contribution in [2.75, 3.05) is 26.2 Å². The van der Waals surface area contributed by atoms with E-state index in [1.165, 1.54) is 46.7 Å². The first-order chi connectivity index (χ1) is 39.0. The van der Waals surface area contributed by atoms with Crippen LogP contribution in [0.15, 0.2) is 60.4 Å². The van der Waals surface area contributed by atoms with Gasteiger partial charge in [-0.25, -0.2) is 0 Å². The lowest BCUT2D eigenvalue weighted by molar-refractivity contribution is -0.139. The highest BCUT2D eigenvalue weighted by Gasteiger charge is 2.42. The van der Waals surface area contributed by atoms with E-state index >= 15 is 0 Å². The van der Waals surface area contributed by atoms with Gasteiger partial charge in [-0.2, -0.15) is 0 Å². The predicted octanol–water partition coefficient (Wildman–Crippen LogP) is 0.877.